The standard InChI is InChI=1S/C21H18FN3/c1-15-4-2-5-17(14-15)19-20-18(6-3-10-24-20)25(13-9-22)21(19)16-7-11-23-12-8-16/h2-8,10-12,14H,9,13H2,1H3. The zero-order chi connectivity index (χ0) is 17.2. The summed E-state index contributed by atoms with van der Waals surface area (Å²) in [5.74, 6) is 0. The Morgan fingerprint density at radius 1 is 0.960 bits per heavy atom. The number of hydrogen-bond acceptors (Lipinski definition) is 2. The van der Waals surface area contributed by atoms with Gasteiger partial charge < -0.3 is 4.57 Å². The Labute approximate surface area is 145 Å². The van der Waals surface area contributed by atoms with Crippen LogP contribution in [0.4, 0.5) is 4.39 Å². The first-order chi connectivity index (χ1) is 12.3. The van der Waals surface area contributed by atoms with Crippen LogP contribution in [0, 0.1) is 6.92 Å². The first kappa shape index (κ1) is 15.5. The van der Waals surface area contributed by atoms with Crippen LogP contribution < -0.4 is 0 Å². The predicted octanol–water partition coefficient (Wildman–Crippen LogP) is 5.04. The van der Waals surface area contributed by atoms with E-state index in [0.29, 0.717) is 6.54 Å². The van der Waals surface area contributed by atoms with Gasteiger partial charge in [-0.1, -0.05) is 29.8 Å². The van der Waals surface area contributed by atoms with Gasteiger partial charge in [0.2, 0.25) is 0 Å². The third-order valence-corrected chi connectivity index (χ3v) is 4.39. The third kappa shape index (κ3) is 2.70. The van der Waals surface area contributed by atoms with E-state index in [1.54, 1.807) is 18.6 Å². The van der Waals surface area contributed by atoms with Gasteiger partial charge in [-0.3, -0.25) is 9.97 Å². The first-order valence-electron chi connectivity index (χ1n) is 8.30. The fourth-order valence-electron chi connectivity index (χ4n) is 3.38. The molecular formula is C21H18FN3. The van der Waals surface area contributed by atoms with Gasteiger partial charge in [0, 0.05) is 29.7 Å². The lowest BCUT2D eigenvalue weighted by Crippen LogP contribution is -2.02. The molecule has 124 valence electrons. The second-order valence-corrected chi connectivity index (χ2v) is 6.04. The van der Waals surface area contributed by atoms with E-state index in [9.17, 15) is 4.39 Å². The van der Waals surface area contributed by atoms with Gasteiger partial charge in [-0.2, -0.15) is 0 Å². The van der Waals surface area contributed by atoms with Gasteiger partial charge in [-0.25, -0.2) is 4.39 Å². The average Bonchev–Trinajstić information content (AvgIpc) is 2.97. The van der Waals surface area contributed by atoms with E-state index in [1.807, 2.05) is 34.9 Å². The highest BCUT2D eigenvalue weighted by Gasteiger charge is 2.20. The summed E-state index contributed by atoms with van der Waals surface area (Å²) in [6.45, 7) is 1.94. The minimum Gasteiger partial charge on any atom is -0.336 e. The lowest BCUT2D eigenvalue weighted by atomic mass is 9.99. The Kier molecular flexibility index (Phi) is 4.02. The molecule has 0 aliphatic rings. The SMILES string of the molecule is Cc1cccc(-c2c(-c3ccncc3)n(CCF)c3cccnc23)c1. The van der Waals surface area contributed by atoms with Crippen LogP contribution in [0.15, 0.2) is 67.1 Å². The number of alkyl halides is 1. The maximum Gasteiger partial charge on any atom is 0.107 e. The highest BCUT2D eigenvalue weighted by Crippen LogP contribution is 2.40. The summed E-state index contributed by atoms with van der Waals surface area (Å²) in [4.78, 5) is 8.74. The van der Waals surface area contributed by atoms with Crippen LogP contribution in [0.2, 0.25) is 0 Å². The number of benzene rings is 1. The van der Waals surface area contributed by atoms with Gasteiger partial charge >= 0.3 is 0 Å². The second kappa shape index (κ2) is 6.48. The fourth-order valence-corrected chi connectivity index (χ4v) is 3.38. The Morgan fingerprint density at radius 3 is 2.56 bits per heavy atom. The third-order valence-electron chi connectivity index (χ3n) is 4.39. The summed E-state index contributed by atoms with van der Waals surface area (Å²) in [7, 11) is 0. The quantitative estimate of drug-likeness (QED) is 0.524. The minimum absolute atomic E-state index is 0.297. The van der Waals surface area contributed by atoms with Crippen molar-refractivity contribution in [1.82, 2.24) is 14.5 Å². The van der Waals surface area contributed by atoms with Crippen LogP contribution in [0.1, 0.15) is 5.56 Å². The zero-order valence-corrected chi connectivity index (χ0v) is 14.0. The van der Waals surface area contributed by atoms with Crippen LogP contribution >= 0.6 is 0 Å². The van der Waals surface area contributed by atoms with Crippen molar-refractivity contribution in [1.29, 1.82) is 0 Å². The van der Waals surface area contributed by atoms with Gasteiger partial charge in [0.05, 0.1) is 23.3 Å². The summed E-state index contributed by atoms with van der Waals surface area (Å²) in [6, 6.07) is 16.2. The van der Waals surface area contributed by atoms with Crippen molar-refractivity contribution in [3.8, 4) is 22.4 Å². The molecule has 0 aliphatic heterocycles. The molecule has 4 heteroatoms. The van der Waals surface area contributed by atoms with Crippen molar-refractivity contribution < 1.29 is 4.39 Å². The molecule has 0 bridgehead atoms. The average molecular weight is 331 g/mol. The molecule has 0 aliphatic carbocycles. The Balaban J connectivity index is 2.13. The molecule has 25 heavy (non-hydrogen) atoms. The molecule has 0 fully saturated rings. The predicted molar refractivity (Wildman–Crippen MR) is 99.1 cm³/mol. The smallest absolute Gasteiger partial charge is 0.107 e. The molecule has 0 saturated carbocycles. The lowest BCUT2D eigenvalue weighted by Gasteiger charge is -2.11. The summed E-state index contributed by atoms with van der Waals surface area (Å²) >= 11 is 0. The summed E-state index contributed by atoms with van der Waals surface area (Å²) < 4.78 is 15.3. The number of nitrogens with zero attached hydrogens (tertiary/aromatic N) is 3. The van der Waals surface area contributed by atoms with Crippen LogP contribution in [0.25, 0.3) is 33.4 Å². The highest BCUT2D eigenvalue weighted by atomic mass is 19.1. The van der Waals surface area contributed by atoms with Crippen molar-refractivity contribution in [2.45, 2.75) is 13.5 Å². The van der Waals surface area contributed by atoms with Crippen LogP contribution in [-0.2, 0) is 6.54 Å². The minimum atomic E-state index is -0.427. The Hall–Kier alpha value is -3.01. The van der Waals surface area contributed by atoms with Gasteiger partial charge in [0.25, 0.3) is 0 Å². The van der Waals surface area contributed by atoms with E-state index in [-0.39, 0.29) is 0 Å². The molecule has 3 nitrogen and oxygen atoms in total. The molecule has 0 saturated heterocycles. The molecule has 3 aromatic heterocycles. The molecule has 4 aromatic rings. The van der Waals surface area contributed by atoms with E-state index < -0.39 is 6.67 Å². The number of pyridine rings is 2. The zero-order valence-electron chi connectivity index (χ0n) is 14.0. The van der Waals surface area contributed by atoms with Crippen LogP contribution in [0.3, 0.4) is 0 Å². The van der Waals surface area contributed by atoms with Gasteiger partial charge in [-0.15, -0.1) is 0 Å². The molecule has 0 amide bonds. The number of hydrogen-bond donors (Lipinski definition) is 0. The Bertz CT molecular complexity index is 1020. The molecule has 0 unspecified atom stereocenters. The largest absolute Gasteiger partial charge is 0.336 e. The second-order valence-electron chi connectivity index (χ2n) is 6.04. The molecule has 0 atom stereocenters. The number of halogens is 1. The molecule has 3 heterocycles. The first-order valence-corrected chi connectivity index (χ1v) is 8.30. The van der Waals surface area contributed by atoms with E-state index in [1.165, 1.54) is 5.56 Å². The number of aryl methyl sites for hydroxylation is 2. The number of aromatic nitrogens is 3. The van der Waals surface area contributed by atoms with Crippen LogP contribution in [-0.4, -0.2) is 21.2 Å². The van der Waals surface area contributed by atoms with Gasteiger partial charge in [0.1, 0.15) is 6.67 Å². The van der Waals surface area contributed by atoms with Crippen molar-refractivity contribution in [2.75, 3.05) is 6.67 Å². The molecule has 0 spiro atoms. The van der Waals surface area contributed by atoms with E-state index >= 15 is 0 Å². The van der Waals surface area contributed by atoms with E-state index in [2.05, 4.69) is 35.1 Å². The van der Waals surface area contributed by atoms with Crippen LogP contribution in [0.5, 0.6) is 0 Å². The topological polar surface area (TPSA) is 30.7 Å². The maximum atomic E-state index is 13.3. The summed E-state index contributed by atoms with van der Waals surface area (Å²) in [5, 5.41) is 0. The van der Waals surface area contributed by atoms with Crippen molar-refractivity contribution in [3.63, 3.8) is 0 Å². The summed E-state index contributed by atoms with van der Waals surface area (Å²) in [5.41, 5.74) is 7.15. The molecule has 1 aromatic carbocycles. The maximum absolute atomic E-state index is 13.3. The van der Waals surface area contributed by atoms with Gasteiger partial charge in [-0.05, 0) is 36.8 Å². The molecular weight excluding hydrogens is 313 g/mol. The highest BCUT2D eigenvalue weighted by molar-refractivity contribution is 6.02. The Morgan fingerprint density at radius 2 is 1.80 bits per heavy atom. The fraction of sp³-hybridized carbons (Fsp3) is 0.143. The number of fused-ring (bicyclic) bond motifs is 1. The lowest BCUT2D eigenvalue weighted by molar-refractivity contribution is 0.452. The molecule has 0 N–H and O–H groups in total. The van der Waals surface area contributed by atoms with Crippen molar-refractivity contribution >= 4 is 11.0 Å². The summed E-state index contributed by atoms with van der Waals surface area (Å²) in [6.07, 6.45) is 5.32. The monoisotopic (exact) mass is 331 g/mol. The van der Waals surface area contributed by atoms with Crippen molar-refractivity contribution in [2.24, 2.45) is 0 Å². The molecule has 4 rings (SSSR count). The van der Waals surface area contributed by atoms with Crippen molar-refractivity contribution in [3.05, 3.63) is 72.7 Å². The number of rotatable bonds is 4. The van der Waals surface area contributed by atoms with Gasteiger partial charge in [0.15, 0.2) is 0 Å². The molecule has 0 radical (unpaired) electrons. The van der Waals surface area contributed by atoms with E-state index in [0.717, 1.165) is 33.4 Å². The normalized spacial score (nSPS) is 11.1. The van der Waals surface area contributed by atoms with E-state index in [4.69, 9.17) is 0 Å².